The highest BCUT2D eigenvalue weighted by atomic mass is 19.4. The summed E-state index contributed by atoms with van der Waals surface area (Å²) in [5, 5.41) is 0. The summed E-state index contributed by atoms with van der Waals surface area (Å²) >= 11 is 0. The zero-order valence-corrected chi connectivity index (χ0v) is 22.0. The van der Waals surface area contributed by atoms with Gasteiger partial charge in [-0.2, -0.15) is 13.2 Å². The average molecular weight is 561 g/mol. The standard InChI is InChI=1S/C28H23F3N8O2/c1-38-7-12(28(29,30)31)36-25(38)27-18-15-19(27)17-20(27)16(18)26(15,17)8-39-13(40)6-32-11-5-33-22(37-23(11)39)14-21(10-3-4-10)34-9-35-24(14)41-2/h5-7,9-10,15-20H,3-4,8H2,1-2H3. The van der Waals surface area contributed by atoms with Crippen LogP contribution in [-0.2, 0) is 25.2 Å². The smallest absolute Gasteiger partial charge is 0.434 e. The molecule has 0 aromatic carbocycles. The normalized spacial score (nSPS) is 36.5. The van der Waals surface area contributed by atoms with Gasteiger partial charge >= 0.3 is 6.18 Å². The minimum absolute atomic E-state index is 0.00964. The fourth-order valence-electron chi connectivity index (χ4n) is 10.4. The first kappa shape index (κ1) is 22.8. The van der Waals surface area contributed by atoms with Crippen molar-refractivity contribution in [2.75, 3.05) is 7.11 Å². The first-order valence-electron chi connectivity index (χ1n) is 14.0. The summed E-state index contributed by atoms with van der Waals surface area (Å²) in [7, 11) is 3.23. The van der Waals surface area contributed by atoms with Crippen LogP contribution in [0.25, 0.3) is 22.6 Å². The van der Waals surface area contributed by atoms with Crippen molar-refractivity contribution in [1.29, 1.82) is 0 Å². The summed E-state index contributed by atoms with van der Waals surface area (Å²) in [6.45, 7) is 0.535. The van der Waals surface area contributed by atoms with Crippen molar-refractivity contribution in [1.82, 2.24) is 39.0 Å². The lowest BCUT2D eigenvalue weighted by molar-refractivity contribution is -0.632. The van der Waals surface area contributed by atoms with Crippen LogP contribution in [0.5, 0.6) is 5.88 Å². The number of nitrogens with zero attached hydrogens (tertiary/aromatic N) is 8. The van der Waals surface area contributed by atoms with Crippen molar-refractivity contribution in [3.05, 3.63) is 52.5 Å². The average Bonchev–Trinajstić information content (AvgIpc) is 3.74. The number of fused-ring (bicyclic) bond motifs is 1. The SMILES string of the molecule is COc1ncnc(C2CC2)c1-c1ncc2ncc(=O)n(CC34C5C6C3C3C4C5C63c3nc(C(F)(F)F)cn3C)c2n1. The molecule has 208 valence electrons. The number of halogens is 3. The minimum atomic E-state index is -4.45. The molecule has 0 amide bonds. The Bertz CT molecular complexity index is 1870. The molecule has 4 heterocycles. The van der Waals surface area contributed by atoms with E-state index in [1.54, 1.807) is 29.5 Å². The third kappa shape index (κ3) is 2.20. The van der Waals surface area contributed by atoms with E-state index in [4.69, 9.17) is 9.72 Å². The fraction of sp³-hybridized carbons (Fsp3) is 0.536. The van der Waals surface area contributed by atoms with Gasteiger partial charge in [-0.1, -0.05) is 0 Å². The second-order valence-electron chi connectivity index (χ2n) is 12.8. The number of hydrogen-bond acceptors (Lipinski definition) is 8. The Morgan fingerprint density at radius 2 is 1.73 bits per heavy atom. The number of hydrogen-bond donors (Lipinski definition) is 0. The van der Waals surface area contributed by atoms with Gasteiger partial charge in [0.15, 0.2) is 17.2 Å². The van der Waals surface area contributed by atoms with Crippen LogP contribution >= 0.6 is 0 Å². The van der Waals surface area contributed by atoms with Crippen molar-refractivity contribution in [3.8, 4) is 17.3 Å². The Kier molecular flexibility index (Phi) is 3.66. The maximum atomic E-state index is 13.4. The first-order chi connectivity index (χ1) is 19.7. The molecule has 0 N–H and O–H groups in total. The van der Waals surface area contributed by atoms with Gasteiger partial charge in [-0.05, 0) is 53.8 Å². The summed E-state index contributed by atoms with van der Waals surface area (Å²) in [4.78, 5) is 39.9. The highest BCUT2D eigenvalue weighted by Gasteiger charge is 3.10. The molecule has 0 radical (unpaired) electrons. The van der Waals surface area contributed by atoms with Gasteiger partial charge in [0.05, 0.1) is 25.2 Å². The quantitative estimate of drug-likeness (QED) is 0.354. The van der Waals surface area contributed by atoms with Crippen molar-refractivity contribution in [2.24, 2.45) is 48.0 Å². The van der Waals surface area contributed by atoms with Crippen LogP contribution in [0, 0.1) is 40.9 Å². The van der Waals surface area contributed by atoms with E-state index in [9.17, 15) is 18.0 Å². The Morgan fingerprint density at radius 1 is 1.00 bits per heavy atom. The van der Waals surface area contributed by atoms with Crippen LogP contribution in [-0.4, -0.2) is 46.1 Å². The number of aromatic nitrogens is 8. The summed E-state index contributed by atoms with van der Waals surface area (Å²) in [5.41, 5.74) is 1.27. The van der Waals surface area contributed by atoms with E-state index >= 15 is 0 Å². The Labute approximate surface area is 230 Å². The zero-order chi connectivity index (χ0) is 27.8. The monoisotopic (exact) mass is 560 g/mol. The molecule has 0 aliphatic heterocycles. The molecule has 0 spiro atoms. The predicted molar refractivity (Wildman–Crippen MR) is 134 cm³/mol. The topological polar surface area (TPSA) is 114 Å². The molecule has 10 nitrogen and oxygen atoms in total. The van der Waals surface area contributed by atoms with Crippen molar-refractivity contribution in [3.63, 3.8) is 0 Å². The molecule has 4 aromatic rings. The van der Waals surface area contributed by atoms with E-state index in [2.05, 4.69) is 24.9 Å². The lowest BCUT2D eigenvalue weighted by Crippen LogP contribution is -3.11. The molecular formula is C28H23F3N8O2. The van der Waals surface area contributed by atoms with Gasteiger partial charge in [-0.3, -0.25) is 9.36 Å². The number of aryl methyl sites for hydroxylation is 1. The van der Waals surface area contributed by atoms with Crippen molar-refractivity contribution in [2.45, 2.75) is 36.9 Å². The zero-order valence-electron chi connectivity index (χ0n) is 22.0. The van der Waals surface area contributed by atoms with Crippen molar-refractivity contribution < 1.29 is 17.9 Å². The van der Waals surface area contributed by atoms with Gasteiger partial charge in [-0.25, -0.2) is 29.9 Å². The molecule has 11 rings (SSSR count). The molecule has 41 heavy (non-hydrogen) atoms. The first-order valence-corrected chi connectivity index (χ1v) is 14.0. The molecule has 7 aliphatic carbocycles. The third-order valence-corrected chi connectivity index (χ3v) is 11.6. The van der Waals surface area contributed by atoms with Crippen LogP contribution in [0.1, 0.15) is 36.0 Å². The van der Waals surface area contributed by atoms with Gasteiger partial charge in [0.25, 0.3) is 5.56 Å². The van der Waals surface area contributed by atoms with Crippen LogP contribution < -0.4 is 10.3 Å². The van der Waals surface area contributed by atoms with Crippen LogP contribution in [0.2, 0.25) is 0 Å². The van der Waals surface area contributed by atoms with E-state index in [0.29, 0.717) is 82.2 Å². The summed E-state index contributed by atoms with van der Waals surface area (Å²) < 4.78 is 49.0. The molecular weight excluding hydrogens is 537 g/mol. The molecule has 0 saturated heterocycles. The number of alkyl halides is 3. The largest absolute Gasteiger partial charge is 0.480 e. The van der Waals surface area contributed by atoms with E-state index in [-0.39, 0.29) is 16.4 Å². The van der Waals surface area contributed by atoms with E-state index in [1.807, 2.05) is 0 Å². The maximum absolute atomic E-state index is 13.4. The van der Waals surface area contributed by atoms with E-state index in [1.165, 1.54) is 12.5 Å². The third-order valence-electron chi connectivity index (χ3n) is 11.6. The summed E-state index contributed by atoms with van der Waals surface area (Å²) in [6, 6.07) is 0. The lowest BCUT2D eigenvalue weighted by atomic mass is 8.92. The Morgan fingerprint density at radius 3 is 2.37 bits per heavy atom. The van der Waals surface area contributed by atoms with Gasteiger partial charge < -0.3 is 9.30 Å². The lowest BCUT2D eigenvalue weighted by Gasteiger charge is -3.11. The number of methoxy groups -OCH3 is 1. The Balaban J connectivity index is 1.02. The maximum Gasteiger partial charge on any atom is 0.434 e. The predicted octanol–water partition coefficient (Wildman–Crippen LogP) is 2.97. The number of ether oxygens (including phenoxy) is 1. The number of imidazole rings is 1. The van der Waals surface area contributed by atoms with Crippen LogP contribution in [0.15, 0.2) is 29.7 Å². The van der Waals surface area contributed by atoms with Gasteiger partial charge in [0.2, 0.25) is 5.88 Å². The fourth-order valence-corrected chi connectivity index (χ4v) is 10.4. The van der Waals surface area contributed by atoms with Crippen LogP contribution in [0.4, 0.5) is 13.2 Å². The van der Waals surface area contributed by atoms with E-state index in [0.717, 1.165) is 24.7 Å². The summed E-state index contributed by atoms with van der Waals surface area (Å²) in [5.74, 6) is 3.99. The summed E-state index contributed by atoms with van der Waals surface area (Å²) in [6.07, 6.45) is 3.17. The highest BCUT2D eigenvalue weighted by molar-refractivity contribution is 5.75. The molecule has 0 bridgehead atoms. The molecule has 13 heteroatoms. The van der Waals surface area contributed by atoms with Gasteiger partial charge in [0, 0.05) is 31.1 Å². The molecule has 7 fully saturated rings. The molecule has 4 aromatic heterocycles. The number of rotatable bonds is 6. The van der Waals surface area contributed by atoms with Gasteiger partial charge in [0.1, 0.15) is 23.2 Å². The highest BCUT2D eigenvalue weighted by Crippen LogP contribution is 3.10. The minimum Gasteiger partial charge on any atom is -0.480 e. The molecule has 0 unspecified atom stereocenters. The second-order valence-corrected chi connectivity index (χ2v) is 12.8. The molecule has 7 aliphatic rings. The van der Waals surface area contributed by atoms with Gasteiger partial charge in [-0.15, -0.1) is 0 Å². The van der Waals surface area contributed by atoms with Crippen LogP contribution in [0.3, 0.4) is 0 Å². The Hall–Kier alpha value is -3.90. The second kappa shape index (κ2) is 6.60. The van der Waals surface area contributed by atoms with Crippen molar-refractivity contribution >= 4 is 11.2 Å². The van der Waals surface area contributed by atoms with E-state index < -0.39 is 11.9 Å². The molecule has 0 atom stereocenters. The molecule has 7 saturated carbocycles.